The number of ether oxygens (including phenoxy) is 1. The van der Waals surface area contributed by atoms with Gasteiger partial charge in [0, 0.05) is 0 Å². The number of hydrogen-bond acceptors (Lipinski definition) is 3. The number of nitrogens with one attached hydrogen (secondary N) is 1. The number of aliphatic carboxylic acids is 1. The molecule has 0 heterocycles. The Kier molecular flexibility index (Phi) is 4.82. The number of benzene rings is 1. The molecule has 0 saturated heterocycles. The standard InChI is InChI=1S/C13H19NO3/c1-4-5-10(13(15)16)14-11-8-9(2)6-7-12(11)17-3/h6-8,10,14H,4-5H2,1-3H3,(H,15,16). The summed E-state index contributed by atoms with van der Waals surface area (Å²) >= 11 is 0. The molecule has 1 aromatic rings. The molecule has 0 radical (unpaired) electrons. The molecule has 0 aliphatic carbocycles. The number of anilines is 1. The summed E-state index contributed by atoms with van der Waals surface area (Å²) in [5.41, 5.74) is 1.79. The molecule has 0 aliphatic heterocycles. The third-order valence-corrected chi connectivity index (χ3v) is 2.56. The topological polar surface area (TPSA) is 58.6 Å². The first-order valence-corrected chi connectivity index (χ1v) is 5.72. The van der Waals surface area contributed by atoms with E-state index >= 15 is 0 Å². The van der Waals surface area contributed by atoms with Crippen LogP contribution in [0.2, 0.25) is 0 Å². The second kappa shape index (κ2) is 6.13. The minimum Gasteiger partial charge on any atom is -0.495 e. The fourth-order valence-corrected chi connectivity index (χ4v) is 1.67. The Balaban J connectivity index is 2.91. The highest BCUT2D eigenvalue weighted by Crippen LogP contribution is 2.26. The zero-order chi connectivity index (χ0) is 12.8. The fraction of sp³-hybridized carbons (Fsp3) is 0.462. The van der Waals surface area contributed by atoms with Gasteiger partial charge in [0.1, 0.15) is 11.8 Å². The number of carboxylic acid groups (broad SMARTS) is 1. The SMILES string of the molecule is CCCC(Nc1cc(C)ccc1OC)C(=O)O. The Labute approximate surface area is 102 Å². The first kappa shape index (κ1) is 13.4. The Bertz CT molecular complexity index is 390. The van der Waals surface area contributed by atoms with Gasteiger partial charge < -0.3 is 15.2 Å². The molecule has 94 valence electrons. The van der Waals surface area contributed by atoms with Crippen molar-refractivity contribution in [3.8, 4) is 5.75 Å². The van der Waals surface area contributed by atoms with Crippen molar-refractivity contribution in [3.63, 3.8) is 0 Å². The normalized spacial score (nSPS) is 11.9. The van der Waals surface area contributed by atoms with E-state index in [1.54, 1.807) is 7.11 Å². The number of hydrogen-bond donors (Lipinski definition) is 2. The predicted octanol–water partition coefficient (Wildman–Crippen LogP) is 2.67. The highest BCUT2D eigenvalue weighted by molar-refractivity contribution is 5.78. The van der Waals surface area contributed by atoms with E-state index in [9.17, 15) is 4.79 Å². The summed E-state index contributed by atoms with van der Waals surface area (Å²) in [7, 11) is 1.57. The van der Waals surface area contributed by atoms with Crippen LogP contribution in [0, 0.1) is 6.92 Å². The van der Waals surface area contributed by atoms with Crippen molar-refractivity contribution >= 4 is 11.7 Å². The van der Waals surface area contributed by atoms with Crippen LogP contribution < -0.4 is 10.1 Å². The van der Waals surface area contributed by atoms with E-state index in [1.165, 1.54) is 0 Å². The van der Waals surface area contributed by atoms with E-state index in [0.29, 0.717) is 12.2 Å². The van der Waals surface area contributed by atoms with Gasteiger partial charge in [0.25, 0.3) is 0 Å². The number of carboxylic acids is 1. The summed E-state index contributed by atoms with van der Waals surface area (Å²) in [6.07, 6.45) is 1.41. The molecule has 17 heavy (non-hydrogen) atoms. The van der Waals surface area contributed by atoms with E-state index in [4.69, 9.17) is 9.84 Å². The van der Waals surface area contributed by atoms with Crippen molar-refractivity contribution in [1.29, 1.82) is 0 Å². The van der Waals surface area contributed by atoms with Crippen LogP contribution in [-0.2, 0) is 4.79 Å². The first-order valence-electron chi connectivity index (χ1n) is 5.72. The second-order valence-electron chi connectivity index (χ2n) is 4.03. The van der Waals surface area contributed by atoms with E-state index in [0.717, 1.165) is 17.7 Å². The summed E-state index contributed by atoms with van der Waals surface area (Å²) in [6.45, 7) is 3.92. The molecular weight excluding hydrogens is 218 g/mol. The molecule has 0 fully saturated rings. The maximum atomic E-state index is 11.1. The van der Waals surface area contributed by atoms with Gasteiger partial charge in [0.2, 0.25) is 0 Å². The van der Waals surface area contributed by atoms with Crippen molar-refractivity contribution in [3.05, 3.63) is 23.8 Å². The van der Waals surface area contributed by atoms with Gasteiger partial charge in [-0.2, -0.15) is 0 Å². The lowest BCUT2D eigenvalue weighted by Gasteiger charge is -2.17. The Morgan fingerprint density at radius 1 is 1.53 bits per heavy atom. The monoisotopic (exact) mass is 237 g/mol. The van der Waals surface area contributed by atoms with Gasteiger partial charge in [-0.1, -0.05) is 19.4 Å². The number of carbonyl (C=O) groups is 1. The van der Waals surface area contributed by atoms with Gasteiger partial charge in [-0.3, -0.25) is 0 Å². The maximum Gasteiger partial charge on any atom is 0.326 e. The van der Waals surface area contributed by atoms with Crippen molar-refractivity contribution in [2.45, 2.75) is 32.7 Å². The van der Waals surface area contributed by atoms with Crippen LogP contribution >= 0.6 is 0 Å². The zero-order valence-electron chi connectivity index (χ0n) is 10.5. The van der Waals surface area contributed by atoms with Gasteiger partial charge in [-0.15, -0.1) is 0 Å². The quantitative estimate of drug-likeness (QED) is 0.798. The highest BCUT2D eigenvalue weighted by Gasteiger charge is 2.17. The van der Waals surface area contributed by atoms with Crippen molar-refractivity contribution in [2.24, 2.45) is 0 Å². The largest absolute Gasteiger partial charge is 0.495 e. The zero-order valence-corrected chi connectivity index (χ0v) is 10.5. The third-order valence-electron chi connectivity index (χ3n) is 2.56. The lowest BCUT2D eigenvalue weighted by molar-refractivity contribution is -0.138. The van der Waals surface area contributed by atoms with Gasteiger partial charge in [0.05, 0.1) is 12.8 Å². The third kappa shape index (κ3) is 3.66. The van der Waals surface area contributed by atoms with Gasteiger partial charge in [-0.05, 0) is 31.0 Å². The smallest absolute Gasteiger partial charge is 0.326 e. The van der Waals surface area contributed by atoms with Crippen molar-refractivity contribution in [1.82, 2.24) is 0 Å². The molecule has 2 N–H and O–H groups in total. The molecule has 0 spiro atoms. The van der Waals surface area contributed by atoms with Crippen LogP contribution in [0.15, 0.2) is 18.2 Å². The van der Waals surface area contributed by atoms with Crippen molar-refractivity contribution < 1.29 is 14.6 Å². The molecule has 0 aromatic heterocycles. The van der Waals surface area contributed by atoms with E-state index in [-0.39, 0.29) is 0 Å². The fourth-order valence-electron chi connectivity index (χ4n) is 1.67. The summed E-state index contributed by atoms with van der Waals surface area (Å²) in [5, 5.41) is 12.1. The molecule has 0 bridgehead atoms. The van der Waals surface area contributed by atoms with E-state index < -0.39 is 12.0 Å². The Hall–Kier alpha value is -1.71. The lowest BCUT2D eigenvalue weighted by atomic mass is 10.1. The molecule has 0 amide bonds. The summed E-state index contributed by atoms with van der Waals surface area (Å²) in [4.78, 5) is 11.1. The van der Waals surface area contributed by atoms with Gasteiger partial charge in [-0.25, -0.2) is 4.79 Å². The van der Waals surface area contributed by atoms with Crippen LogP contribution in [0.3, 0.4) is 0 Å². The summed E-state index contributed by atoms with van der Waals surface area (Å²) in [5.74, 6) is -0.173. The summed E-state index contributed by atoms with van der Waals surface area (Å²) < 4.78 is 5.20. The number of methoxy groups -OCH3 is 1. The molecule has 0 aliphatic rings. The second-order valence-corrected chi connectivity index (χ2v) is 4.03. The first-order chi connectivity index (χ1) is 8.08. The number of aryl methyl sites for hydroxylation is 1. The molecule has 1 aromatic carbocycles. The minimum absolute atomic E-state index is 0.573. The molecule has 4 heteroatoms. The van der Waals surface area contributed by atoms with Crippen LogP contribution in [0.4, 0.5) is 5.69 Å². The average Bonchev–Trinajstić information content (AvgIpc) is 2.28. The number of rotatable bonds is 6. The Morgan fingerprint density at radius 2 is 2.24 bits per heavy atom. The molecule has 1 unspecified atom stereocenters. The minimum atomic E-state index is -0.838. The highest BCUT2D eigenvalue weighted by atomic mass is 16.5. The van der Waals surface area contributed by atoms with Crippen LogP contribution in [0.1, 0.15) is 25.3 Å². The Morgan fingerprint density at radius 3 is 2.76 bits per heavy atom. The van der Waals surface area contributed by atoms with Gasteiger partial charge in [0.15, 0.2) is 0 Å². The van der Waals surface area contributed by atoms with Crippen molar-refractivity contribution in [2.75, 3.05) is 12.4 Å². The molecule has 1 atom stereocenters. The van der Waals surface area contributed by atoms with Crippen LogP contribution in [0.25, 0.3) is 0 Å². The van der Waals surface area contributed by atoms with Crippen LogP contribution in [-0.4, -0.2) is 24.2 Å². The predicted molar refractivity (Wildman–Crippen MR) is 67.7 cm³/mol. The molecule has 1 rings (SSSR count). The molecular formula is C13H19NO3. The lowest BCUT2D eigenvalue weighted by Crippen LogP contribution is -2.29. The van der Waals surface area contributed by atoms with Crippen LogP contribution in [0.5, 0.6) is 5.75 Å². The summed E-state index contributed by atoms with van der Waals surface area (Å²) in [6, 6.07) is 5.09. The molecule has 4 nitrogen and oxygen atoms in total. The average molecular weight is 237 g/mol. The maximum absolute atomic E-state index is 11.1. The molecule has 0 saturated carbocycles. The van der Waals surface area contributed by atoms with E-state index in [2.05, 4.69) is 5.32 Å². The van der Waals surface area contributed by atoms with E-state index in [1.807, 2.05) is 32.0 Å². The van der Waals surface area contributed by atoms with Gasteiger partial charge >= 0.3 is 5.97 Å².